The molecule has 1 saturated carbocycles. The number of fused-ring (bicyclic) bond motifs is 1. The third kappa shape index (κ3) is 2.00. The Labute approximate surface area is 112 Å². The minimum Gasteiger partial charge on any atom is -0.460 e. The lowest BCUT2D eigenvalue weighted by atomic mass is 10.0. The van der Waals surface area contributed by atoms with Crippen molar-refractivity contribution in [3.05, 3.63) is 28.8 Å². The van der Waals surface area contributed by atoms with Crippen LogP contribution in [-0.4, -0.2) is 17.5 Å². The summed E-state index contributed by atoms with van der Waals surface area (Å²) in [5, 5.41) is 9.82. The highest BCUT2D eigenvalue weighted by Crippen LogP contribution is 2.49. The number of hydrogen-bond donors (Lipinski definition) is 1. The smallest absolute Gasteiger partial charge is 0.211 e. The van der Waals surface area contributed by atoms with E-state index >= 15 is 0 Å². The molecule has 0 aromatic heterocycles. The molecule has 4 heteroatoms. The number of hydrogen-bond acceptors (Lipinski definition) is 3. The molecule has 3 rings (SSSR count). The monoisotopic (exact) mass is 268 g/mol. The Kier molecular flexibility index (Phi) is 3.22. The van der Waals surface area contributed by atoms with Crippen molar-refractivity contribution in [1.29, 1.82) is 0 Å². The minimum absolute atomic E-state index is 0.104. The zero-order chi connectivity index (χ0) is 12.6. The van der Waals surface area contributed by atoms with Gasteiger partial charge in [0.15, 0.2) is 0 Å². The Morgan fingerprint density at radius 3 is 2.83 bits per heavy atom. The summed E-state index contributed by atoms with van der Waals surface area (Å²) in [6.07, 6.45) is 4.50. The summed E-state index contributed by atoms with van der Waals surface area (Å²) in [5.41, 5.74) is 0.953. The van der Waals surface area contributed by atoms with Gasteiger partial charge in [-0.2, -0.15) is 0 Å². The second-order valence-electron chi connectivity index (χ2n) is 5.00. The van der Waals surface area contributed by atoms with E-state index in [0.29, 0.717) is 11.4 Å². The van der Waals surface area contributed by atoms with Crippen LogP contribution < -0.4 is 4.74 Å². The molecule has 1 fully saturated rings. The molecule has 1 aromatic rings. The molecule has 0 bridgehead atoms. The predicted molar refractivity (Wildman–Crippen MR) is 68.8 cm³/mol. The van der Waals surface area contributed by atoms with E-state index in [-0.39, 0.29) is 12.7 Å². The van der Waals surface area contributed by atoms with E-state index in [9.17, 15) is 5.11 Å². The van der Waals surface area contributed by atoms with E-state index in [4.69, 9.17) is 21.1 Å². The van der Waals surface area contributed by atoms with Gasteiger partial charge < -0.3 is 14.6 Å². The van der Waals surface area contributed by atoms with Gasteiger partial charge in [-0.05, 0) is 18.9 Å². The highest BCUT2D eigenvalue weighted by Gasteiger charge is 2.44. The average molecular weight is 269 g/mol. The van der Waals surface area contributed by atoms with E-state index in [1.807, 2.05) is 18.2 Å². The second-order valence-corrected chi connectivity index (χ2v) is 5.40. The molecule has 98 valence electrons. The number of aliphatic hydroxyl groups excluding tert-OH is 1. The van der Waals surface area contributed by atoms with Crippen LogP contribution in [-0.2, 0) is 4.74 Å². The van der Waals surface area contributed by atoms with Gasteiger partial charge in [-0.25, -0.2) is 0 Å². The van der Waals surface area contributed by atoms with Gasteiger partial charge in [-0.15, -0.1) is 0 Å². The van der Waals surface area contributed by atoms with Gasteiger partial charge in [0.05, 0.1) is 11.1 Å². The molecule has 1 heterocycles. The lowest BCUT2D eigenvalue weighted by Gasteiger charge is -2.40. The fourth-order valence-electron chi connectivity index (χ4n) is 2.88. The summed E-state index contributed by atoms with van der Waals surface area (Å²) in [7, 11) is 0. The third-order valence-corrected chi connectivity index (χ3v) is 4.04. The number of ether oxygens (including phenoxy) is 2. The first-order chi connectivity index (χ1) is 8.74. The van der Waals surface area contributed by atoms with Crippen LogP contribution in [0.1, 0.15) is 43.8 Å². The molecule has 1 aliphatic carbocycles. The molecule has 0 saturated heterocycles. The fourth-order valence-corrected chi connectivity index (χ4v) is 3.11. The summed E-state index contributed by atoms with van der Waals surface area (Å²) >= 11 is 6.23. The molecule has 1 spiro atoms. The fraction of sp³-hybridized carbons (Fsp3) is 0.571. The topological polar surface area (TPSA) is 38.7 Å². The quantitative estimate of drug-likeness (QED) is 0.893. The molecule has 1 aromatic carbocycles. The first kappa shape index (κ1) is 12.3. The SMILES string of the molecule is OCCC1OC2(CCCC2)Oc2c(Cl)cccc21. The first-order valence-electron chi connectivity index (χ1n) is 6.50. The molecule has 0 amide bonds. The molecule has 1 aliphatic heterocycles. The maximum absolute atomic E-state index is 9.19. The van der Waals surface area contributed by atoms with E-state index in [2.05, 4.69) is 0 Å². The number of benzene rings is 1. The Balaban J connectivity index is 2.00. The molecule has 1 N–H and O–H groups in total. The van der Waals surface area contributed by atoms with Crippen LogP contribution in [0.3, 0.4) is 0 Å². The van der Waals surface area contributed by atoms with Crippen molar-refractivity contribution in [2.24, 2.45) is 0 Å². The van der Waals surface area contributed by atoms with Crippen LogP contribution in [0.15, 0.2) is 18.2 Å². The molecule has 2 aliphatic rings. The van der Waals surface area contributed by atoms with Crippen LogP contribution in [0.2, 0.25) is 5.02 Å². The molecular formula is C14H17ClO3. The van der Waals surface area contributed by atoms with Crippen molar-refractivity contribution in [3.8, 4) is 5.75 Å². The summed E-state index contributed by atoms with van der Waals surface area (Å²) in [5.74, 6) is 0.225. The summed E-state index contributed by atoms with van der Waals surface area (Å²) < 4.78 is 12.2. The maximum Gasteiger partial charge on any atom is 0.211 e. The van der Waals surface area contributed by atoms with Crippen molar-refractivity contribution >= 4 is 11.6 Å². The predicted octanol–water partition coefficient (Wildman–Crippen LogP) is 3.44. The van der Waals surface area contributed by atoms with Crippen molar-refractivity contribution < 1.29 is 14.6 Å². The van der Waals surface area contributed by atoms with Gasteiger partial charge in [-0.1, -0.05) is 23.7 Å². The van der Waals surface area contributed by atoms with E-state index < -0.39 is 5.79 Å². The third-order valence-electron chi connectivity index (χ3n) is 3.75. The van der Waals surface area contributed by atoms with Gasteiger partial charge >= 0.3 is 0 Å². The second kappa shape index (κ2) is 4.72. The van der Waals surface area contributed by atoms with Crippen LogP contribution in [0, 0.1) is 0 Å². The molecule has 1 atom stereocenters. The van der Waals surface area contributed by atoms with E-state index in [0.717, 1.165) is 37.0 Å². The summed E-state index contributed by atoms with van der Waals surface area (Å²) in [6.45, 7) is 0.104. The minimum atomic E-state index is -0.516. The van der Waals surface area contributed by atoms with Crippen LogP contribution in [0.5, 0.6) is 5.75 Å². The van der Waals surface area contributed by atoms with Gasteiger partial charge in [0, 0.05) is 31.4 Å². The maximum atomic E-state index is 9.19. The van der Waals surface area contributed by atoms with E-state index in [1.54, 1.807) is 0 Å². The summed E-state index contributed by atoms with van der Waals surface area (Å²) in [4.78, 5) is 0. The highest BCUT2D eigenvalue weighted by molar-refractivity contribution is 6.32. The van der Waals surface area contributed by atoms with Crippen molar-refractivity contribution in [3.63, 3.8) is 0 Å². The highest BCUT2D eigenvalue weighted by atomic mass is 35.5. The van der Waals surface area contributed by atoms with Gasteiger partial charge in [-0.3, -0.25) is 0 Å². The lowest BCUT2D eigenvalue weighted by molar-refractivity contribution is -0.228. The van der Waals surface area contributed by atoms with Crippen LogP contribution >= 0.6 is 11.6 Å². The number of aliphatic hydroxyl groups is 1. The molecule has 0 radical (unpaired) electrons. The summed E-state index contributed by atoms with van der Waals surface area (Å²) in [6, 6.07) is 5.69. The first-order valence-corrected chi connectivity index (χ1v) is 6.88. The molecule has 3 nitrogen and oxygen atoms in total. The zero-order valence-corrected chi connectivity index (χ0v) is 10.9. The lowest BCUT2D eigenvalue weighted by Crippen LogP contribution is -2.41. The van der Waals surface area contributed by atoms with Crippen molar-refractivity contribution in [2.75, 3.05) is 6.61 Å². The Morgan fingerprint density at radius 1 is 1.33 bits per heavy atom. The Hall–Kier alpha value is -0.770. The molecular weight excluding hydrogens is 252 g/mol. The zero-order valence-electron chi connectivity index (χ0n) is 10.2. The number of rotatable bonds is 2. The van der Waals surface area contributed by atoms with Crippen molar-refractivity contribution in [1.82, 2.24) is 0 Å². The normalized spacial score (nSPS) is 24.9. The van der Waals surface area contributed by atoms with E-state index in [1.165, 1.54) is 0 Å². The van der Waals surface area contributed by atoms with Crippen LogP contribution in [0.25, 0.3) is 0 Å². The van der Waals surface area contributed by atoms with Gasteiger partial charge in [0.1, 0.15) is 5.75 Å². The molecule has 1 unspecified atom stereocenters. The average Bonchev–Trinajstić information content (AvgIpc) is 2.79. The number of halogens is 1. The Morgan fingerprint density at radius 2 is 2.11 bits per heavy atom. The van der Waals surface area contributed by atoms with Gasteiger partial charge in [0.25, 0.3) is 0 Å². The van der Waals surface area contributed by atoms with Crippen molar-refractivity contribution in [2.45, 2.75) is 44.0 Å². The standard InChI is InChI=1S/C14H17ClO3/c15-11-5-3-4-10-12(6-9-16)17-14(18-13(10)11)7-1-2-8-14/h3-5,12,16H,1-2,6-9H2. The largest absolute Gasteiger partial charge is 0.460 e. The van der Waals surface area contributed by atoms with Gasteiger partial charge in [0.2, 0.25) is 5.79 Å². The van der Waals surface area contributed by atoms with Crippen LogP contribution in [0.4, 0.5) is 0 Å². The number of para-hydroxylation sites is 1. The Bertz CT molecular complexity index is 441. The molecule has 18 heavy (non-hydrogen) atoms.